The molecule has 23 heavy (non-hydrogen) atoms. The lowest BCUT2D eigenvalue weighted by Gasteiger charge is -2.07. The van der Waals surface area contributed by atoms with E-state index in [1.54, 1.807) is 18.2 Å². The van der Waals surface area contributed by atoms with E-state index in [1.165, 1.54) is 18.2 Å². The smallest absolute Gasteiger partial charge is 0.270 e. The molecule has 0 fully saturated rings. The van der Waals surface area contributed by atoms with Crippen molar-refractivity contribution in [2.24, 2.45) is 0 Å². The summed E-state index contributed by atoms with van der Waals surface area (Å²) < 4.78 is 5.39. The lowest BCUT2D eigenvalue weighted by molar-refractivity contribution is -0.384. The number of benzene rings is 2. The van der Waals surface area contributed by atoms with E-state index >= 15 is 0 Å². The first-order valence-corrected chi connectivity index (χ1v) is 6.67. The van der Waals surface area contributed by atoms with Gasteiger partial charge >= 0.3 is 0 Å². The van der Waals surface area contributed by atoms with Crippen molar-refractivity contribution in [2.45, 2.75) is 0 Å². The average Bonchev–Trinajstić information content (AvgIpc) is 2.58. The average molecular weight is 304 g/mol. The predicted molar refractivity (Wildman–Crippen MR) is 87.4 cm³/mol. The zero-order valence-electron chi connectivity index (χ0n) is 12.1. The molecule has 0 aliphatic rings. The van der Waals surface area contributed by atoms with Gasteiger partial charge in [-0.1, -0.05) is 36.3 Å². The molecule has 0 aromatic heterocycles. The molecule has 0 saturated heterocycles. The molecule has 5 heteroatoms. The quantitative estimate of drug-likeness (QED) is 0.278. The zero-order chi connectivity index (χ0) is 16.7. The highest BCUT2D eigenvalue weighted by Gasteiger charge is 2.12. The standard InChI is InChI=1S/C18H12N2O3/c1-2-10-23-18-9-8-17(20(21)22)12-15(18)11-16(13-19)14-6-4-3-5-7-14/h1,3-9,11-12H,10H2/b16-11-. The van der Waals surface area contributed by atoms with Gasteiger partial charge in [0.05, 0.1) is 16.6 Å². The number of rotatable bonds is 5. The minimum absolute atomic E-state index is 0.0336. The highest BCUT2D eigenvalue weighted by atomic mass is 16.6. The van der Waals surface area contributed by atoms with Crippen LogP contribution in [0.1, 0.15) is 11.1 Å². The van der Waals surface area contributed by atoms with Gasteiger partial charge in [0.25, 0.3) is 5.69 Å². The Hall–Kier alpha value is -3.57. The molecule has 0 radical (unpaired) electrons. The van der Waals surface area contributed by atoms with Crippen LogP contribution in [0.15, 0.2) is 48.5 Å². The number of nitro benzene ring substituents is 1. The van der Waals surface area contributed by atoms with Crippen molar-refractivity contribution in [1.82, 2.24) is 0 Å². The minimum Gasteiger partial charge on any atom is -0.480 e. The molecule has 0 heterocycles. The van der Waals surface area contributed by atoms with Crippen LogP contribution in [0.2, 0.25) is 0 Å². The first-order valence-electron chi connectivity index (χ1n) is 6.67. The van der Waals surface area contributed by atoms with Gasteiger partial charge in [0.2, 0.25) is 0 Å². The molecular weight excluding hydrogens is 292 g/mol. The van der Waals surface area contributed by atoms with Crippen LogP contribution in [0.5, 0.6) is 5.75 Å². The summed E-state index contributed by atoms with van der Waals surface area (Å²) in [6.45, 7) is 0.0336. The van der Waals surface area contributed by atoms with Crippen LogP contribution in [-0.4, -0.2) is 11.5 Å². The second-order valence-corrected chi connectivity index (χ2v) is 4.51. The van der Waals surface area contributed by atoms with E-state index in [2.05, 4.69) is 12.0 Å². The number of non-ortho nitro benzene ring substituents is 1. The molecule has 2 aromatic rings. The van der Waals surface area contributed by atoms with Gasteiger partial charge in [-0.05, 0) is 17.7 Å². The summed E-state index contributed by atoms with van der Waals surface area (Å²) in [5.41, 5.74) is 1.42. The molecule has 5 nitrogen and oxygen atoms in total. The topological polar surface area (TPSA) is 76.2 Å². The summed E-state index contributed by atoms with van der Waals surface area (Å²) in [6.07, 6.45) is 6.72. The number of nitriles is 1. The fraction of sp³-hybridized carbons (Fsp3) is 0.0556. The van der Waals surface area contributed by atoms with E-state index in [4.69, 9.17) is 11.2 Å². The Bertz CT molecular complexity index is 828. The molecule has 112 valence electrons. The van der Waals surface area contributed by atoms with E-state index in [9.17, 15) is 15.4 Å². The largest absolute Gasteiger partial charge is 0.480 e. The van der Waals surface area contributed by atoms with Crippen LogP contribution in [-0.2, 0) is 0 Å². The van der Waals surface area contributed by atoms with Gasteiger partial charge in [0.1, 0.15) is 12.4 Å². The monoisotopic (exact) mass is 304 g/mol. The fourth-order valence-electron chi connectivity index (χ4n) is 1.97. The SMILES string of the molecule is C#CCOc1ccc([N+](=O)[O-])cc1/C=C(/C#N)c1ccccc1. The first kappa shape index (κ1) is 15.8. The van der Waals surface area contributed by atoms with E-state index in [0.717, 1.165) is 0 Å². The summed E-state index contributed by atoms with van der Waals surface area (Å²) in [4.78, 5) is 10.4. The van der Waals surface area contributed by atoms with Crippen LogP contribution in [0.3, 0.4) is 0 Å². The van der Waals surface area contributed by atoms with Crippen molar-refractivity contribution in [1.29, 1.82) is 5.26 Å². The van der Waals surface area contributed by atoms with Crippen LogP contribution in [0.25, 0.3) is 11.6 Å². The molecule has 0 bridgehead atoms. The Morgan fingerprint density at radius 2 is 2.04 bits per heavy atom. The third-order valence-corrected chi connectivity index (χ3v) is 3.02. The fourth-order valence-corrected chi connectivity index (χ4v) is 1.97. The summed E-state index contributed by atoms with van der Waals surface area (Å²) in [5, 5.41) is 20.3. The Kier molecular flexibility index (Phi) is 5.12. The van der Waals surface area contributed by atoms with Gasteiger partial charge in [0.15, 0.2) is 0 Å². The molecule has 0 aliphatic heterocycles. The van der Waals surface area contributed by atoms with Crippen molar-refractivity contribution in [3.05, 3.63) is 69.8 Å². The number of nitrogens with zero attached hydrogens (tertiary/aromatic N) is 2. The van der Waals surface area contributed by atoms with Crippen LogP contribution < -0.4 is 4.74 Å². The third kappa shape index (κ3) is 3.96. The van der Waals surface area contributed by atoms with E-state index in [1.807, 2.05) is 18.2 Å². The Balaban J connectivity index is 2.52. The first-order chi connectivity index (χ1) is 11.2. The lowest BCUT2D eigenvalue weighted by atomic mass is 10.0. The zero-order valence-corrected chi connectivity index (χ0v) is 12.1. The Labute approximate surface area is 133 Å². The lowest BCUT2D eigenvalue weighted by Crippen LogP contribution is -1.97. The maximum atomic E-state index is 11.0. The molecule has 0 spiro atoms. The molecule has 0 amide bonds. The van der Waals surface area contributed by atoms with Gasteiger partial charge in [-0.15, -0.1) is 6.42 Å². The second-order valence-electron chi connectivity index (χ2n) is 4.51. The van der Waals surface area contributed by atoms with Crippen molar-refractivity contribution in [3.8, 4) is 24.2 Å². The van der Waals surface area contributed by atoms with Crippen LogP contribution in [0.4, 0.5) is 5.69 Å². The van der Waals surface area contributed by atoms with E-state index < -0.39 is 4.92 Å². The van der Waals surface area contributed by atoms with Crippen molar-refractivity contribution < 1.29 is 9.66 Å². The van der Waals surface area contributed by atoms with Gasteiger partial charge in [-0.2, -0.15) is 5.26 Å². The molecule has 0 aliphatic carbocycles. The molecule has 0 N–H and O–H groups in total. The van der Waals surface area contributed by atoms with Gasteiger partial charge in [-0.25, -0.2) is 0 Å². The molecular formula is C18H12N2O3. The maximum absolute atomic E-state index is 11.0. The molecule has 0 saturated carbocycles. The van der Waals surface area contributed by atoms with Crippen molar-refractivity contribution in [2.75, 3.05) is 6.61 Å². The molecule has 0 unspecified atom stereocenters. The number of ether oxygens (including phenoxy) is 1. The summed E-state index contributed by atoms with van der Waals surface area (Å²) in [5.74, 6) is 2.72. The highest BCUT2D eigenvalue weighted by molar-refractivity contribution is 5.90. The normalized spacial score (nSPS) is 10.4. The van der Waals surface area contributed by atoms with Crippen LogP contribution in [0, 0.1) is 33.8 Å². The molecule has 0 atom stereocenters. The third-order valence-electron chi connectivity index (χ3n) is 3.02. The summed E-state index contributed by atoms with van der Waals surface area (Å²) >= 11 is 0. The summed E-state index contributed by atoms with van der Waals surface area (Å²) in [6, 6.07) is 15.3. The number of hydrogen-bond donors (Lipinski definition) is 0. The van der Waals surface area contributed by atoms with Gasteiger partial charge in [-0.3, -0.25) is 10.1 Å². The van der Waals surface area contributed by atoms with E-state index in [0.29, 0.717) is 22.4 Å². The Morgan fingerprint density at radius 1 is 1.30 bits per heavy atom. The Morgan fingerprint density at radius 3 is 2.65 bits per heavy atom. The molecule has 2 aromatic carbocycles. The van der Waals surface area contributed by atoms with E-state index in [-0.39, 0.29) is 12.3 Å². The summed E-state index contributed by atoms with van der Waals surface area (Å²) in [7, 11) is 0. The number of terminal acetylenes is 1. The number of hydrogen-bond acceptors (Lipinski definition) is 4. The number of nitro groups is 1. The highest BCUT2D eigenvalue weighted by Crippen LogP contribution is 2.28. The number of allylic oxidation sites excluding steroid dienone is 1. The predicted octanol–water partition coefficient (Wildman–Crippen LogP) is 3.67. The van der Waals surface area contributed by atoms with Crippen molar-refractivity contribution >= 4 is 17.3 Å². The minimum atomic E-state index is -0.503. The van der Waals surface area contributed by atoms with Gasteiger partial charge in [0, 0.05) is 17.7 Å². The van der Waals surface area contributed by atoms with Crippen molar-refractivity contribution in [3.63, 3.8) is 0 Å². The van der Waals surface area contributed by atoms with Gasteiger partial charge < -0.3 is 4.74 Å². The van der Waals surface area contributed by atoms with Crippen LogP contribution >= 0.6 is 0 Å². The molecule has 2 rings (SSSR count). The second kappa shape index (κ2) is 7.44. The maximum Gasteiger partial charge on any atom is 0.270 e.